The van der Waals surface area contributed by atoms with E-state index in [2.05, 4.69) is 4.98 Å². The van der Waals surface area contributed by atoms with Crippen molar-refractivity contribution in [3.63, 3.8) is 0 Å². The molecule has 8 atom stereocenters. The largest absolute Gasteiger partial charge is 0.482 e. The number of rotatable bonds is 7. The molecule has 1 aliphatic heterocycles. The van der Waals surface area contributed by atoms with E-state index in [1.165, 1.54) is 13.8 Å². The van der Waals surface area contributed by atoms with Gasteiger partial charge in [0, 0.05) is 55.6 Å². The zero-order valence-electron chi connectivity index (χ0n) is 27.0. The summed E-state index contributed by atoms with van der Waals surface area (Å²) >= 11 is 0. The normalized spacial score (nSPS) is 33.6. The van der Waals surface area contributed by atoms with E-state index in [4.69, 9.17) is 23.4 Å². The minimum atomic E-state index is -1.35. The van der Waals surface area contributed by atoms with Gasteiger partial charge in [0.05, 0.1) is 6.10 Å². The molecule has 3 unspecified atom stereocenters. The van der Waals surface area contributed by atoms with Crippen LogP contribution in [0.1, 0.15) is 85.8 Å². The molecule has 5 rings (SSSR count). The molecule has 0 spiro atoms. The third-order valence-electron chi connectivity index (χ3n) is 10.3. The molecule has 2 saturated carbocycles. The highest BCUT2D eigenvalue weighted by Crippen LogP contribution is 2.67. The number of hydrogen-bond donors (Lipinski definition) is 1. The quantitative estimate of drug-likeness (QED) is 0.334. The Morgan fingerprint density at radius 1 is 1.11 bits per heavy atom. The number of nitrogens with zero attached hydrogens (tertiary/aromatic N) is 1. The van der Waals surface area contributed by atoms with Crippen LogP contribution in [0.5, 0.6) is 5.75 Å². The molecule has 2 aromatic heterocycles. The monoisotopic (exact) mass is 625 g/mol. The minimum Gasteiger partial charge on any atom is -0.482 e. The van der Waals surface area contributed by atoms with Gasteiger partial charge < -0.3 is 28.5 Å². The van der Waals surface area contributed by atoms with Crippen LogP contribution in [0.15, 0.2) is 39.8 Å². The van der Waals surface area contributed by atoms with Gasteiger partial charge in [0.25, 0.3) is 0 Å². The van der Waals surface area contributed by atoms with Crippen LogP contribution in [0.3, 0.4) is 0 Å². The molecule has 0 radical (unpaired) electrons. The highest BCUT2D eigenvalue weighted by Gasteiger charge is 2.71. The van der Waals surface area contributed by atoms with E-state index in [1.807, 2.05) is 34.6 Å². The Morgan fingerprint density at radius 3 is 2.47 bits per heavy atom. The van der Waals surface area contributed by atoms with Gasteiger partial charge in [-0.1, -0.05) is 27.7 Å². The molecule has 45 heavy (non-hydrogen) atoms. The van der Waals surface area contributed by atoms with E-state index in [9.17, 15) is 24.3 Å². The maximum absolute atomic E-state index is 13.5. The van der Waals surface area contributed by atoms with E-state index >= 15 is 0 Å². The number of carbonyl (C=O) groups excluding carboxylic acids is 3. The van der Waals surface area contributed by atoms with E-state index in [1.54, 1.807) is 30.6 Å². The summed E-state index contributed by atoms with van der Waals surface area (Å²) in [5.41, 5.74) is -3.11. The maximum Gasteiger partial charge on any atom is 0.345 e. The van der Waals surface area contributed by atoms with Crippen LogP contribution < -0.4 is 10.4 Å². The summed E-state index contributed by atoms with van der Waals surface area (Å²) in [5, 5.41) is 12.2. The van der Waals surface area contributed by atoms with Crippen molar-refractivity contribution in [3.05, 3.63) is 46.6 Å². The topological polar surface area (TPSA) is 151 Å². The van der Waals surface area contributed by atoms with Gasteiger partial charge in [-0.2, -0.15) is 0 Å². The second kappa shape index (κ2) is 11.9. The van der Waals surface area contributed by atoms with Crippen LogP contribution in [0.4, 0.5) is 0 Å². The fourth-order valence-corrected chi connectivity index (χ4v) is 8.38. The average molecular weight is 626 g/mol. The Morgan fingerprint density at radius 2 is 1.84 bits per heavy atom. The highest BCUT2D eigenvalue weighted by atomic mass is 16.6. The van der Waals surface area contributed by atoms with Gasteiger partial charge in [0.1, 0.15) is 41.5 Å². The van der Waals surface area contributed by atoms with Gasteiger partial charge >= 0.3 is 23.5 Å². The summed E-state index contributed by atoms with van der Waals surface area (Å²) in [6.45, 7) is 12.2. The number of aromatic nitrogens is 1. The van der Waals surface area contributed by atoms with Gasteiger partial charge in [-0.05, 0) is 55.6 Å². The fourth-order valence-electron chi connectivity index (χ4n) is 8.38. The SMILES string of the molecule is CC(=O)OC[C@@]1(C)C2C[C@H](OC(=O)CC(C)C)[C@@]3(C)Oc4cc(-c5cccnc5)oc(=O)c4C(O)C3[C@@]2(C)CC[C@@H]1OC(C)=O. The molecule has 0 aromatic carbocycles. The Bertz CT molecular complexity index is 1520. The Labute approximate surface area is 262 Å². The fraction of sp³-hybridized carbons (Fsp3) is 0.618. The Balaban J connectivity index is 1.67. The van der Waals surface area contributed by atoms with Crippen molar-refractivity contribution in [1.29, 1.82) is 0 Å². The lowest BCUT2D eigenvalue weighted by atomic mass is 9.42. The molecule has 2 aliphatic carbocycles. The van der Waals surface area contributed by atoms with Gasteiger partial charge in [-0.3, -0.25) is 19.4 Å². The van der Waals surface area contributed by atoms with Crippen molar-refractivity contribution >= 4 is 17.9 Å². The van der Waals surface area contributed by atoms with Crippen molar-refractivity contribution in [2.75, 3.05) is 6.61 Å². The van der Waals surface area contributed by atoms with Gasteiger partial charge in [-0.25, -0.2) is 4.79 Å². The second-order valence-electron chi connectivity index (χ2n) is 13.9. The zero-order valence-corrected chi connectivity index (χ0v) is 27.0. The average Bonchev–Trinajstić information content (AvgIpc) is 2.94. The lowest BCUT2D eigenvalue weighted by molar-refractivity contribution is -0.271. The standard InChI is InChI=1S/C34H43NO10/c1-18(2)13-27(38)44-26-15-24-32(5,11-10-25(42-20(4)37)33(24,6)17-41-19(3)36)30-29(39)28-23(45-34(26,30)7)14-22(43-31(28)40)21-9-8-12-35-16-21/h8-9,12,14,16,18,24-26,29-30,39H,10-11,13,15,17H2,1-7H3/t24?,25-,26-,29?,30?,32-,33-,34+/m0/s1. The highest BCUT2D eigenvalue weighted by molar-refractivity contribution is 5.70. The predicted octanol–water partition coefficient (Wildman–Crippen LogP) is 4.78. The summed E-state index contributed by atoms with van der Waals surface area (Å²) in [4.78, 5) is 55.1. The van der Waals surface area contributed by atoms with E-state index in [0.717, 1.165) is 0 Å². The molecule has 11 heteroatoms. The number of pyridine rings is 1. The number of ether oxygens (including phenoxy) is 4. The third-order valence-corrected chi connectivity index (χ3v) is 10.3. The van der Waals surface area contributed by atoms with Crippen LogP contribution in [0.2, 0.25) is 0 Å². The number of aliphatic hydroxyl groups is 1. The molecule has 3 heterocycles. The first-order valence-corrected chi connectivity index (χ1v) is 15.6. The third kappa shape index (κ3) is 5.75. The van der Waals surface area contributed by atoms with E-state index in [0.29, 0.717) is 18.4 Å². The van der Waals surface area contributed by atoms with E-state index < -0.39 is 64.2 Å². The molecule has 0 saturated heterocycles. The van der Waals surface area contributed by atoms with Crippen LogP contribution in [-0.4, -0.2) is 52.4 Å². The van der Waals surface area contributed by atoms with Crippen molar-refractivity contribution in [1.82, 2.24) is 4.98 Å². The first-order valence-electron chi connectivity index (χ1n) is 15.6. The summed E-state index contributed by atoms with van der Waals surface area (Å²) < 4.78 is 30.0. The van der Waals surface area contributed by atoms with Crippen molar-refractivity contribution < 1.29 is 42.9 Å². The molecule has 0 bridgehead atoms. The molecule has 244 valence electrons. The van der Waals surface area contributed by atoms with Crippen LogP contribution in [0, 0.1) is 28.6 Å². The molecular formula is C34H43NO10. The number of carbonyl (C=O) groups is 3. The summed E-state index contributed by atoms with van der Waals surface area (Å²) in [5.74, 6) is -2.09. The number of aliphatic hydroxyl groups excluding tert-OH is 1. The van der Waals surface area contributed by atoms with Crippen molar-refractivity contribution in [2.24, 2.45) is 28.6 Å². The van der Waals surface area contributed by atoms with Gasteiger partial charge in [0.15, 0.2) is 0 Å². The lowest BCUT2D eigenvalue weighted by Crippen LogP contribution is -2.71. The smallest absolute Gasteiger partial charge is 0.345 e. The number of fused-ring (bicyclic) bond motifs is 4. The molecule has 0 amide bonds. The summed E-state index contributed by atoms with van der Waals surface area (Å²) in [6, 6.07) is 5.03. The first-order chi connectivity index (χ1) is 21.1. The number of esters is 3. The summed E-state index contributed by atoms with van der Waals surface area (Å²) in [7, 11) is 0. The summed E-state index contributed by atoms with van der Waals surface area (Å²) in [6.07, 6.45) is 1.71. The molecular weight excluding hydrogens is 582 g/mol. The molecule has 3 aliphatic rings. The van der Waals surface area contributed by atoms with Crippen molar-refractivity contribution in [2.45, 2.75) is 98.1 Å². The molecule has 1 N–H and O–H groups in total. The van der Waals surface area contributed by atoms with Crippen LogP contribution >= 0.6 is 0 Å². The van der Waals surface area contributed by atoms with Gasteiger partial charge in [0.2, 0.25) is 0 Å². The second-order valence-corrected chi connectivity index (χ2v) is 13.9. The molecule has 2 aromatic rings. The molecule has 11 nitrogen and oxygen atoms in total. The Hall–Kier alpha value is -3.73. The maximum atomic E-state index is 13.5. The Kier molecular flexibility index (Phi) is 8.63. The van der Waals surface area contributed by atoms with Crippen LogP contribution in [-0.2, 0) is 28.6 Å². The first kappa shape index (κ1) is 32.7. The lowest BCUT2D eigenvalue weighted by Gasteiger charge is -2.66. The number of hydrogen-bond acceptors (Lipinski definition) is 11. The minimum absolute atomic E-state index is 0.0111. The van der Waals surface area contributed by atoms with Gasteiger partial charge in [-0.15, -0.1) is 0 Å². The predicted molar refractivity (Wildman–Crippen MR) is 161 cm³/mol. The zero-order chi connectivity index (χ0) is 32.9. The molecule has 2 fully saturated rings. The van der Waals surface area contributed by atoms with Crippen LogP contribution in [0.25, 0.3) is 11.3 Å². The van der Waals surface area contributed by atoms with Crippen molar-refractivity contribution in [3.8, 4) is 17.1 Å². The van der Waals surface area contributed by atoms with E-state index in [-0.39, 0.29) is 48.4 Å².